The summed E-state index contributed by atoms with van der Waals surface area (Å²) in [5.74, 6) is 0.709. The number of hydrogen-bond donors (Lipinski definition) is 0. The van der Waals surface area contributed by atoms with Gasteiger partial charge in [-0.25, -0.2) is 4.39 Å². The summed E-state index contributed by atoms with van der Waals surface area (Å²) in [6.07, 6.45) is 0. The summed E-state index contributed by atoms with van der Waals surface area (Å²) in [7, 11) is 3.18. The Balaban J connectivity index is 1.51. The van der Waals surface area contributed by atoms with Crippen LogP contribution in [0.3, 0.4) is 0 Å². The van der Waals surface area contributed by atoms with Gasteiger partial charge in [-0.1, -0.05) is 18.2 Å². The summed E-state index contributed by atoms with van der Waals surface area (Å²) in [5.41, 5.74) is 1.84. The number of ether oxygens (including phenoxy) is 2. The SMILES string of the molecule is CCOc1ccccc1N1CCN(CC(=O)N(C)Cc2ccc(OC)c(F)c2)CC1. The second kappa shape index (κ2) is 10.3. The second-order valence-electron chi connectivity index (χ2n) is 7.38. The molecule has 162 valence electrons. The fraction of sp³-hybridized carbons (Fsp3) is 0.435. The van der Waals surface area contributed by atoms with Gasteiger partial charge in [-0.2, -0.15) is 0 Å². The minimum Gasteiger partial charge on any atom is -0.494 e. The van der Waals surface area contributed by atoms with Crippen LogP contribution in [0.25, 0.3) is 0 Å². The average Bonchev–Trinajstić information content (AvgIpc) is 2.75. The van der Waals surface area contributed by atoms with Crippen molar-refractivity contribution in [2.75, 3.05) is 58.4 Å². The van der Waals surface area contributed by atoms with Gasteiger partial charge in [0, 0.05) is 39.8 Å². The average molecular weight is 416 g/mol. The zero-order valence-corrected chi connectivity index (χ0v) is 17.9. The fourth-order valence-corrected chi connectivity index (χ4v) is 3.63. The molecule has 0 spiro atoms. The van der Waals surface area contributed by atoms with Crippen molar-refractivity contribution in [2.45, 2.75) is 13.5 Å². The molecule has 1 fully saturated rings. The highest BCUT2D eigenvalue weighted by Crippen LogP contribution is 2.28. The third kappa shape index (κ3) is 5.42. The Labute approximate surface area is 177 Å². The van der Waals surface area contributed by atoms with E-state index >= 15 is 0 Å². The Morgan fingerprint density at radius 3 is 2.50 bits per heavy atom. The quantitative estimate of drug-likeness (QED) is 0.663. The van der Waals surface area contributed by atoms with Gasteiger partial charge in [-0.15, -0.1) is 0 Å². The molecular weight excluding hydrogens is 385 g/mol. The van der Waals surface area contributed by atoms with E-state index in [-0.39, 0.29) is 11.7 Å². The lowest BCUT2D eigenvalue weighted by Gasteiger charge is -2.36. The predicted molar refractivity (Wildman–Crippen MR) is 116 cm³/mol. The Bertz CT molecular complexity index is 853. The number of piperazine rings is 1. The van der Waals surface area contributed by atoms with Gasteiger partial charge in [-0.3, -0.25) is 9.69 Å². The number of carbonyl (C=O) groups is 1. The van der Waals surface area contributed by atoms with E-state index in [1.54, 1.807) is 24.1 Å². The molecular formula is C23H30FN3O3. The van der Waals surface area contributed by atoms with Gasteiger partial charge in [0.15, 0.2) is 11.6 Å². The first kappa shape index (κ1) is 21.9. The molecule has 0 unspecified atom stereocenters. The van der Waals surface area contributed by atoms with Crippen molar-refractivity contribution in [2.24, 2.45) is 0 Å². The number of amides is 1. The minimum atomic E-state index is -0.417. The molecule has 0 atom stereocenters. The van der Waals surface area contributed by atoms with E-state index in [0.29, 0.717) is 19.7 Å². The molecule has 2 aromatic carbocycles. The lowest BCUT2D eigenvalue weighted by molar-refractivity contribution is -0.131. The van der Waals surface area contributed by atoms with E-state index in [2.05, 4.69) is 15.9 Å². The first-order valence-electron chi connectivity index (χ1n) is 10.3. The van der Waals surface area contributed by atoms with E-state index in [4.69, 9.17) is 9.47 Å². The number of halogens is 1. The van der Waals surface area contributed by atoms with Crippen molar-refractivity contribution < 1.29 is 18.7 Å². The standard InChI is InChI=1S/C23H30FN3O3/c1-4-30-22-8-6-5-7-20(22)27-13-11-26(12-14-27)17-23(28)25(2)16-18-9-10-21(29-3)19(24)15-18/h5-10,15H,4,11-14,16-17H2,1-3H3. The first-order valence-corrected chi connectivity index (χ1v) is 10.3. The number of benzene rings is 2. The van der Waals surface area contributed by atoms with Crippen molar-refractivity contribution in [3.8, 4) is 11.5 Å². The summed E-state index contributed by atoms with van der Waals surface area (Å²) in [5, 5.41) is 0. The number of carbonyl (C=O) groups excluding carboxylic acids is 1. The van der Waals surface area contributed by atoms with E-state index in [1.165, 1.54) is 13.2 Å². The van der Waals surface area contributed by atoms with Crippen LogP contribution in [-0.4, -0.2) is 69.2 Å². The van der Waals surface area contributed by atoms with Crippen LogP contribution in [0, 0.1) is 5.82 Å². The van der Waals surface area contributed by atoms with Crippen LogP contribution in [0.4, 0.5) is 10.1 Å². The molecule has 0 N–H and O–H groups in total. The topological polar surface area (TPSA) is 45.2 Å². The second-order valence-corrected chi connectivity index (χ2v) is 7.38. The van der Waals surface area contributed by atoms with Crippen molar-refractivity contribution >= 4 is 11.6 Å². The zero-order chi connectivity index (χ0) is 21.5. The lowest BCUT2D eigenvalue weighted by Crippen LogP contribution is -2.49. The van der Waals surface area contributed by atoms with Gasteiger partial charge >= 0.3 is 0 Å². The number of methoxy groups -OCH3 is 1. The van der Waals surface area contributed by atoms with Crippen LogP contribution in [-0.2, 0) is 11.3 Å². The molecule has 3 rings (SSSR count). The number of likely N-dealkylation sites (N-methyl/N-ethyl adjacent to an activating group) is 1. The molecule has 0 bridgehead atoms. The highest BCUT2D eigenvalue weighted by Gasteiger charge is 2.22. The Kier molecular flexibility index (Phi) is 7.52. The van der Waals surface area contributed by atoms with Crippen LogP contribution in [0.1, 0.15) is 12.5 Å². The lowest BCUT2D eigenvalue weighted by atomic mass is 10.2. The molecule has 0 radical (unpaired) electrons. The molecule has 1 saturated heterocycles. The molecule has 1 aliphatic rings. The van der Waals surface area contributed by atoms with Crippen molar-refractivity contribution in [1.82, 2.24) is 9.80 Å². The summed E-state index contributed by atoms with van der Waals surface area (Å²) in [4.78, 5) is 18.7. The molecule has 1 amide bonds. The van der Waals surface area contributed by atoms with E-state index in [0.717, 1.165) is 43.2 Å². The number of anilines is 1. The smallest absolute Gasteiger partial charge is 0.236 e. The van der Waals surface area contributed by atoms with Crippen LogP contribution in [0.2, 0.25) is 0 Å². The highest BCUT2D eigenvalue weighted by atomic mass is 19.1. The Morgan fingerprint density at radius 2 is 1.83 bits per heavy atom. The number of rotatable bonds is 8. The largest absolute Gasteiger partial charge is 0.494 e. The summed E-state index contributed by atoms with van der Waals surface area (Å²) in [6, 6.07) is 12.8. The van der Waals surface area contributed by atoms with Crippen LogP contribution in [0.5, 0.6) is 11.5 Å². The van der Waals surface area contributed by atoms with E-state index < -0.39 is 5.82 Å². The molecule has 30 heavy (non-hydrogen) atoms. The summed E-state index contributed by atoms with van der Waals surface area (Å²) >= 11 is 0. The van der Waals surface area contributed by atoms with Gasteiger partial charge in [0.25, 0.3) is 0 Å². The van der Waals surface area contributed by atoms with Crippen molar-refractivity contribution in [1.29, 1.82) is 0 Å². The normalized spacial score (nSPS) is 14.5. The number of nitrogens with zero attached hydrogens (tertiary/aromatic N) is 3. The third-order valence-corrected chi connectivity index (χ3v) is 5.30. The number of hydrogen-bond acceptors (Lipinski definition) is 5. The van der Waals surface area contributed by atoms with Crippen molar-refractivity contribution in [3.05, 3.63) is 53.8 Å². The maximum absolute atomic E-state index is 13.9. The van der Waals surface area contributed by atoms with Gasteiger partial charge in [0.05, 0.1) is 25.9 Å². The van der Waals surface area contributed by atoms with Crippen LogP contribution < -0.4 is 14.4 Å². The first-order chi connectivity index (χ1) is 14.5. The predicted octanol–water partition coefficient (Wildman–Crippen LogP) is 3.01. The monoisotopic (exact) mass is 415 g/mol. The highest BCUT2D eigenvalue weighted by molar-refractivity contribution is 5.78. The summed E-state index contributed by atoms with van der Waals surface area (Å²) in [6.45, 7) is 6.62. The minimum absolute atomic E-state index is 0.0226. The van der Waals surface area contributed by atoms with Crippen LogP contribution >= 0.6 is 0 Å². The third-order valence-electron chi connectivity index (χ3n) is 5.30. The molecule has 7 heteroatoms. The molecule has 2 aromatic rings. The maximum atomic E-state index is 13.9. The van der Waals surface area contributed by atoms with Gasteiger partial charge in [-0.05, 0) is 36.8 Å². The zero-order valence-electron chi connectivity index (χ0n) is 17.9. The van der Waals surface area contributed by atoms with Crippen LogP contribution in [0.15, 0.2) is 42.5 Å². The Hall–Kier alpha value is -2.80. The Morgan fingerprint density at radius 1 is 1.10 bits per heavy atom. The molecule has 1 heterocycles. The summed E-state index contributed by atoms with van der Waals surface area (Å²) < 4.78 is 24.6. The van der Waals surface area contributed by atoms with Gasteiger partial charge in [0.2, 0.25) is 5.91 Å². The van der Waals surface area contributed by atoms with E-state index in [1.807, 2.05) is 25.1 Å². The molecule has 0 saturated carbocycles. The van der Waals surface area contributed by atoms with E-state index in [9.17, 15) is 9.18 Å². The number of para-hydroxylation sites is 2. The van der Waals surface area contributed by atoms with Crippen molar-refractivity contribution in [3.63, 3.8) is 0 Å². The molecule has 6 nitrogen and oxygen atoms in total. The molecule has 0 aliphatic carbocycles. The maximum Gasteiger partial charge on any atom is 0.236 e. The van der Waals surface area contributed by atoms with Gasteiger partial charge in [0.1, 0.15) is 5.75 Å². The molecule has 1 aliphatic heterocycles. The molecule has 0 aromatic heterocycles. The fourth-order valence-electron chi connectivity index (χ4n) is 3.63. The van der Waals surface area contributed by atoms with Gasteiger partial charge < -0.3 is 19.3 Å².